The van der Waals surface area contributed by atoms with Gasteiger partial charge in [-0.3, -0.25) is 5.84 Å². The van der Waals surface area contributed by atoms with Crippen LogP contribution in [0.4, 0.5) is 0 Å². The van der Waals surface area contributed by atoms with Crippen molar-refractivity contribution in [3.05, 3.63) is 0 Å². The van der Waals surface area contributed by atoms with E-state index in [0.717, 1.165) is 12.8 Å². The van der Waals surface area contributed by atoms with Gasteiger partial charge in [0.2, 0.25) is 0 Å². The van der Waals surface area contributed by atoms with Gasteiger partial charge in [0.1, 0.15) is 5.72 Å². The fraction of sp³-hybridized carbons (Fsp3) is 1.00. The van der Waals surface area contributed by atoms with Crippen LogP contribution in [0.15, 0.2) is 0 Å². The summed E-state index contributed by atoms with van der Waals surface area (Å²) in [5.74, 6) is 5.23. The van der Waals surface area contributed by atoms with Crippen LogP contribution in [0, 0.1) is 0 Å². The first-order valence-electron chi connectivity index (χ1n) is 3.21. The van der Waals surface area contributed by atoms with Gasteiger partial charge in [0, 0.05) is 7.11 Å². The Morgan fingerprint density at radius 1 is 1.67 bits per heavy atom. The van der Waals surface area contributed by atoms with E-state index >= 15 is 0 Å². The third kappa shape index (κ3) is 2.79. The Morgan fingerprint density at radius 3 is 2.33 bits per heavy atom. The SMILES string of the molecule is CCCC(C)(NN)OC. The van der Waals surface area contributed by atoms with Gasteiger partial charge in [-0.05, 0) is 13.3 Å². The summed E-state index contributed by atoms with van der Waals surface area (Å²) < 4.78 is 5.09. The molecule has 0 spiro atoms. The molecule has 3 N–H and O–H groups in total. The van der Waals surface area contributed by atoms with E-state index in [9.17, 15) is 0 Å². The monoisotopic (exact) mass is 132 g/mol. The van der Waals surface area contributed by atoms with Gasteiger partial charge in [-0.1, -0.05) is 13.3 Å². The Morgan fingerprint density at radius 2 is 2.22 bits per heavy atom. The summed E-state index contributed by atoms with van der Waals surface area (Å²) in [4.78, 5) is 0. The Labute approximate surface area is 56.5 Å². The molecule has 3 heteroatoms. The Hall–Kier alpha value is -0.120. The van der Waals surface area contributed by atoms with Crippen molar-refractivity contribution in [3.63, 3.8) is 0 Å². The van der Waals surface area contributed by atoms with Crippen LogP contribution >= 0.6 is 0 Å². The molecule has 0 aliphatic heterocycles. The maximum Gasteiger partial charge on any atom is 0.127 e. The van der Waals surface area contributed by atoms with Gasteiger partial charge >= 0.3 is 0 Å². The summed E-state index contributed by atoms with van der Waals surface area (Å²) in [5, 5.41) is 0. The van der Waals surface area contributed by atoms with Crippen LogP contribution in [0.3, 0.4) is 0 Å². The molecule has 0 aliphatic rings. The summed E-state index contributed by atoms with van der Waals surface area (Å²) in [5.41, 5.74) is 2.27. The number of hydrogen-bond donors (Lipinski definition) is 2. The van der Waals surface area contributed by atoms with Crippen LogP contribution < -0.4 is 11.3 Å². The first-order valence-corrected chi connectivity index (χ1v) is 3.21. The molecule has 0 fully saturated rings. The van der Waals surface area contributed by atoms with E-state index in [4.69, 9.17) is 10.6 Å². The highest BCUT2D eigenvalue weighted by molar-refractivity contribution is 4.66. The molecule has 0 rings (SSSR count). The number of nitrogens with two attached hydrogens (primary N) is 1. The van der Waals surface area contributed by atoms with E-state index in [1.54, 1.807) is 7.11 Å². The fourth-order valence-corrected chi connectivity index (χ4v) is 0.710. The molecular weight excluding hydrogens is 116 g/mol. The normalized spacial score (nSPS) is 17.3. The summed E-state index contributed by atoms with van der Waals surface area (Å²) >= 11 is 0. The second-order valence-electron chi connectivity index (χ2n) is 2.33. The Balaban J connectivity index is 3.62. The van der Waals surface area contributed by atoms with Crippen molar-refractivity contribution in [1.82, 2.24) is 5.43 Å². The molecular formula is C6H16N2O. The van der Waals surface area contributed by atoms with Crippen LogP contribution in [0.1, 0.15) is 26.7 Å². The summed E-state index contributed by atoms with van der Waals surface area (Å²) in [6.07, 6.45) is 1.99. The highest BCUT2D eigenvalue weighted by Crippen LogP contribution is 2.10. The molecule has 0 aromatic rings. The van der Waals surface area contributed by atoms with E-state index < -0.39 is 0 Å². The van der Waals surface area contributed by atoms with Gasteiger partial charge < -0.3 is 4.74 Å². The first-order chi connectivity index (χ1) is 4.18. The van der Waals surface area contributed by atoms with Crippen molar-refractivity contribution in [1.29, 1.82) is 0 Å². The second-order valence-corrected chi connectivity index (χ2v) is 2.33. The molecule has 0 radical (unpaired) electrons. The van der Waals surface area contributed by atoms with Gasteiger partial charge in [0.25, 0.3) is 0 Å². The lowest BCUT2D eigenvalue weighted by Crippen LogP contribution is -2.48. The molecule has 56 valence electrons. The lowest BCUT2D eigenvalue weighted by atomic mass is 10.1. The van der Waals surface area contributed by atoms with Crippen LogP contribution in [0.25, 0.3) is 0 Å². The van der Waals surface area contributed by atoms with Crippen LogP contribution in [-0.2, 0) is 4.74 Å². The Bertz CT molecular complexity index is 71.5. The van der Waals surface area contributed by atoms with E-state index in [0.29, 0.717) is 0 Å². The molecule has 0 aromatic carbocycles. The third-order valence-electron chi connectivity index (χ3n) is 1.48. The Kier molecular flexibility index (Phi) is 3.77. The van der Waals surface area contributed by atoms with Gasteiger partial charge in [-0.2, -0.15) is 0 Å². The molecule has 0 heterocycles. The quantitative estimate of drug-likeness (QED) is 0.335. The number of methoxy groups -OCH3 is 1. The largest absolute Gasteiger partial charge is 0.363 e. The van der Waals surface area contributed by atoms with Gasteiger partial charge in [0.05, 0.1) is 0 Å². The number of ether oxygens (including phenoxy) is 1. The zero-order valence-corrected chi connectivity index (χ0v) is 6.40. The van der Waals surface area contributed by atoms with Crippen LogP contribution in [0.2, 0.25) is 0 Å². The lowest BCUT2D eigenvalue weighted by Gasteiger charge is -2.26. The molecule has 0 amide bonds. The highest BCUT2D eigenvalue weighted by Gasteiger charge is 2.18. The molecule has 0 saturated heterocycles. The maximum absolute atomic E-state index is 5.23. The summed E-state index contributed by atoms with van der Waals surface area (Å²) in [6, 6.07) is 0. The van der Waals surface area contributed by atoms with Gasteiger partial charge in [-0.15, -0.1) is 0 Å². The maximum atomic E-state index is 5.23. The number of rotatable bonds is 4. The summed E-state index contributed by atoms with van der Waals surface area (Å²) in [7, 11) is 1.65. The smallest absolute Gasteiger partial charge is 0.127 e. The van der Waals surface area contributed by atoms with Crippen molar-refractivity contribution in [2.24, 2.45) is 5.84 Å². The number of hydrogen-bond acceptors (Lipinski definition) is 3. The molecule has 1 atom stereocenters. The lowest BCUT2D eigenvalue weighted by molar-refractivity contribution is -0.0308. The molecule has 0 bridgehead atoms. The minimum absolute atomic E-state index is 0.339. The second kappa shape index (κ2) is 3.82. The van der Waals surface area contributed by atoms with E-state index in [1.165, 1.54) is 0 Å². The predicted molar refractivity (Wildman–Crippen MR) is 37.6 cm³/mol. The molecule has 1 unspecified atom stereocenters. The zero-order chi connectivity index (χ0) is 7.33. The van der Waals surface area contributed by atoms with Crippen molar-refractivity contribution in [3.8, 4) is 0 Å². The minimum atomic E-state index is -0.339. The van der Waals surface area contributed by atoms with Gasteiger partial charge in [-0.25, -0.2) is 5.43 Å². The van der Waals surface area contributed by atoms with Crippen LogP contribution in [0.5, 0.6) is 0 Å². The topological polar surface area (TPSA) is 47.3 Å². The van der Waals surface area contributed by atoms with Crippen molar-refractivity contribution in [2.45, 2.75) is 32.4 Å². The molecule has 0 aliphatic carbocycles. The number of hydrazine groups is 1. The van der Waals surface area contributed by atoms with Crippen molar-refractivity contribution >= 4 is 0 Å². The van der Waals surface area contributed by atoms with Crippen LogP contribution in [-0.4, -0.2) is 12.8 Å². The average molecular weight is 132 g/mol. The first kappa shape index (κ1) is 8.88. The molecule has 9 heavy (non-hydrogen) atoms. The van der Waals surface area contributed by atoms with E-state index in [-0.39, 0.29) is 5.72 Å². The highest BCUT2D eigenvalue weighted by atomic mass is 16.5. The zero-order valence-electron chi connectivity index (χ0n) is 6.40. The minimum Gasteiger partial charge on any atom is -0.363 e. The van der Waals surface area contributed by atoms with Crippen molar-refractivity contribution in [2.75, 3.05) is 7.11 Å². The van der Waals surface area contributed by atoms with Crippen molar-refractivity contribution < 1.29 is 4.74 Å². The predicted octanol–water partition coefficient (Wildman–Crippen LogP) is 0.612. The average Bonchev–Trinajstić information content (AvgIpc) is 1.89. The molecule has 0 aromatic heterocycles. The third-order valence-corrected chi connectivity index (χ3v) is 1.48. The van der Waals surface area contributed by atoms with E-state index in [1.807, 2.05) is 6.92 Å². The van der Waals surface area contributed by atoms with Gasteiger partial charge in [0.15, 0.2) is 0 Å². The molecule has 0 saturated carbocycles. The summed E-state index contributed by atoms with van der Waals surface area (Å²) in [6.45, 7) is 4.02. The standard InChI is InChI=1S/C6H16N2O/c1-4-5-6(2,8-7)9-3/h8H,4-5,7H2,1-3H3. The molecule has 3 nitrogen and oxygen atoms in total. The van der Waals surface area contributed by atoms with E-state index in [2.05, 4.69) is 12.3 Å². The number of nitrogens with one attached hydrogen (secondary N) is 1. The fourth-order valence-electron chi connectivity index (χ4n) is 0.710.